The minimum absolute atomic E-state index is 0.0811. The highest BCUT2D eigenvalue weighted by atomic mass is 16.4. The fraction of sp³-hybridized carbons (Fsp3) is 0. The molecule has 19 heavy (non-hydrogen) atoms. The van der Waals surface area contributed by atoms with Crippen LogP contribution < -0.4 is 0 Å². The Morgan fingerprint density at radius 2 is 1.58 bits per heavy atom. The van der Waals surface area contributed by atoms with Crippen molar-refractivity contribution in [3.63, 3.8) is 0 Å². The monoisotopic (exact) mass is 254 g/mol. The lowest BCUT2D eigenvalue weighted by Gasteiger charge is -2.08. The first-order valence-corrected chi connectivity index (χ1v) is 5.63. The van der Waals surface area contributed by atoms with E-state index in [1.54, 1.807) is 52.3 Å². The molecule has 0 saturated carbocycles. The van der Waals surface area contributed by atoms with E-state index in [9.17, 15) is 9.90 Å². The number of rotatable bonds is 3. The molecule has 0 bridgehead atoms. The number of carboxylic acid groups (broad SMARTS) is 1. The molecule has 6 nitrogen and oxygen atoms in total. The van der Waals surface area contributed by atoms with Crippen LogP contribution in [0.1, 0.15) is 10.5 Å². The molecule has 3 aromatic heterocycles. The van der Waals surface area contributed by atoms with Crippen molar-refractivity contribution in [1.29, 1.82) is 0 Å². The molecule has 3 aromatic rings. The second-order valence-corrected chi connectivity index (χ2v) is 3.89. The summed E-state index contributed by atoms with van der Waals surface area (Å²) >= 11 is 0. The van der Waals surface area contributed by atoms with Gasteiger partial charge in [0.2, 0.25) is 0 Å². The van der Waals surface area contributed by atoms with Crippen LogP contribution in [0.25, 0.3) is 11.6 Å². The van der Waals surface area contributed by atoms with Gasteiger partial charge in [0.1, 0.15) is 0 Å². The van der Waals surface area contributed by atoms with Crippen molar-refractivity contribution in [3.05, 3.63) is 60.9 Å². The Hall–Kier alpha value is -2.89. The zero-order valence-electron chi connectivity index (χ0n) is 9.84. The Morgan fingerprint density at radius 3 is 2.16 bits per heavy atom. The number of carbonyl (C=O) groups is 1. The van der Waals surface area contributed by atoms with Gasteiger partial charge in [0.15, 0.2) is 17.3 Å². The second-order valence-electron chi connectivity index (χ2n) is 3.89. The van der Waals surface area contributed by atoms with Crippen LogP contribution in [0.2, 0.25) is 0 Å². The molecule has 0 unspecified atom stereocenters. The molecule has 0 spiro atoms. The Balaban J connectivity index is 2.15. The van der Waals surface area contributed by atoms with Crippen LogP contribution in [0.5, 0.6) is 0 Å². The maximum Gasteiger partial charge on any atom is 0.358 e. The summed E-state index contributed by atoms with van der Waals surface area (Å²) in [5.74, 6) is -0.336. The summed E-state index contributed by atoms with van der Waals surface area (Å²) in [6, 6.07) is 7.27. The van der Waals surface area contributed by atoms with Crippen LogP contribution in [0, 0.1) is 0 Å². The third-order valence-electron chi connectivity index (χ3n) is 2.66. The maximum absolute atomic E-state index is 11.3. The predicted octanol–water partition coefficient (Wildman–Crippen LogP) is 1.76. The van der Waals surface area contributed by atoms with E-state index >= 15 is 0 Å². The summed E-state index contributed by atoms with van der Waals surface area (Å²) in [6.07, 6.45) is 8.56. The highest BCUT2D eigenvalue weighted by Crippen LogP contribution is 2.13. The minimum Gasteiger partial charge on any atom is -0.476 e. The first kappa shape index (κ1) is 11.2. The summed E-state index contributed by atoms with van der Waals surface area (Å²) in [5.41, 5.74) is -0.0811. The molecule has 6 heteroatoms. The number of hydrogen-bond acceptors (Lipinski definition) is 3. The van der Waals surface area contributed by atoms with Crippen molar-refractivity contribution in [2.75, 3.05) is 0 Å². The average molecular weight is 254 g/mol. The number of nitrogens with zero attached hydrogens (tertiary/aromatic N) is 4. The van der Waals surface area contributed by atoms with Gasteiger partial charge in [-0.25, -0.2) is 14.8 Å². The van der Waals surface area contributed by atoms with Gasteiger partial charge in [-0.3, -0.25) is 0 Å². The second kappa shape index (κ2) is 4.41. The Morgan fingerprint density at radius 1 is 1.00 bits per heavy atom. The third-order valence-corrected chi connectivity index (χ3v) is 2.66. The normalized spacial score (nSPS) is 10.5. The van der Waals surface area contributed by atoms with E-state index in [2.05, 4.69) is 9.97 Å². The summed E-state index contributed by atoms with van der Waals surface area (Å²) in [6.45, 7) is 0. The third kappa shape index (κ3) is 1.99. The number of aromatic nitrogens is 4. The van der Waals surface area contributed by atoms with Crippen molar-refractivity contribution in [3.8, 4) is 11.6 Å². The zero-order valence-corrected chi connectivity index (χ0v) is 9.84. The van der Waals surface area contributed by atoms with Crippen molar-refractivity contribution in [1.82, 2.24) is 19.1 Å². The van der Waals surface area contributed by atoms with Gasteiger partial charge < -0.3 is 14.2 Å². The molecule has 3 heterocycles. The van der Waals surface area contributed by atoms with E-state index in [0.29, 0.717) is 11.6 Å². The van der Waals surface area contributed by atoms with Gasteiger partial charge in [0.05, 0.1) is 6.20 Å². The molecule has 0 amide bonds. The van der Waals surface area contributed by atoms with Gasteiger partial charge in [-0.15, -0.1) is 0 Å². The lowest BCUT2D eigenvalue weighted by molar-refractivity contribution is 0.0690. The minimum atomic E-state index is -1.11. The maximum atomic E-state index is 11.3. The molecule has 0 radical (unpaired) electrons. The lowest BCUT2D eigenvalue weighted by Crippen LogP contribution is -2.11. The Labute approximate surface area is 108 Å². The van der Waals surface area contributed by atoms with E-state index in [0.717, 1.165) is 0 Å². The molecule has 0 fully saturated rings. The summed E-state index contributed by atoms with van der Waals surface area (Å²) < 4.78 is 3.33. The molecular formula is C13H10N4O2. The van der Waals surface area contributed by atoms with Crippen LogP contribution in [0.3, 0.4) is 0 Å². The van der Waals surface area contributed by atoms with Crippen LogP contribution in [-0.4, -0.2) is 30.2 Å². The molecule has 1 N–H and O–H groups in total. The number of aromatic carboxylic acids is 1. The van der Waals surface area contributed by atoms with E-state index in [1.807, 2.05) is 12.1 Å². The highest BCUT2D eigenvalue weighted by Gasteiger charge is 2.16. The van der Waals surface area contributed by atoms with Crippen LogP contribution in [0.15, 0.2) is 55.2 Å². The number of hydrogen-bond donors (Lipinski definition) is 1. The van der Waals surface area contributed by atoms with Gasteiger partial charge in [-0.05, 0) is 24.3 Å². The van der Waals surface area contributed by atoms with Gasteiger partial charge in [-0.1, -0.05) is 0 Å². The van der Waals surface area contributed by atoms with Gasteiger partial charge >= 0.3 is 5.97 Å². The van der Waals surface area contributed by atoms with E-state index in [1.165, 1.54) is 0 Å². The average Bonchev–Trinajstić information content (AvgIpc) is 3.11. The van der Waals surface area contributed by atoms with Gasteiger partial charge in [0, 0.05) is 24.8 Å². The van der Waals surface area contributed by atoms with Crippen molar-refractivity contribution in [2.45, 2.75) is 0 Å². The van der Waals surface area contributed by atoms with Crippen LogP contribution in [-0.2, 0) is 0 Å². The fourth-order valence-corrected chi connectivity index (χ4v) is 1.79. The Bertz CT molecular complexity index is 702. The van der Waals surface area contributed by atoms with Crippen molar-refractivity contribution >= 4 is 5.97 Å². The first-order chi connectivity index (χ1) is 9.25. The molecular weight excluding hydrogens is 244 g/mol. The van der Waals surface area contributed by atoms with Gasteiger partial charge in [0.25, 0.3) is 0 Å². The van der Waals surface area contributed by atoms with E-state index in [4.69, 9.17) is 0 Å². The molecule has 94 valence electrons. The van der Waals surface area contributed by atoms with Crippen LogP contribution >= 0.6 is 0 Å². The molecule has 0 aromatic carbocycles. The zero-order chi connectivity index (χ0) is 13.2. The summed E-state index contributed by atoms with van der Waals surface area (Å²) in [5, 5.41) is 9.26. The topological polar surface area (TPSA) is 72.9 Å². The molecule has 0 aliphatic carbocycles. The largest absolute Gasteiger partial charge is 0.476 e. The molecule has 0 aliphatic rings. The van der Waals surface area contributed by atoms with Crippen molar-refractivity contribution < 1.29 is 9.90 Å². The molecule has 0 atom stereocenters. The Kier molecular flexibility index (Phi) is 2.60. The predicted molar refractivity (Wildman–Crippen MR) is 67.6 cm³/mol. The fourth-order valence-electron chi connectivity index (χ4n) is 1.79. The SMILES string of the molecule is O=C(O)c1nc(-n2cccc2)cnc1-n1cccc1. The quantitative estimate of drug-likeness (QED) is 0.772. The van der Waals surface area contributed by atoms with Gasteiger partial charge in [-0.2, -0.15) is 0 Å². The summed E-state index contributed by atoms with van der Waals surface area (Å²) in [4.78, 5) is 19.7. The van der Waals surface area contributed by atoms with Crippen molar-refractivity contribution in [2.24, 2.45) is 0 Å². The molecule has 3 rings (SSSR count). The molecule has 0 saturated heterocycles. The van der Waals surface area contributed by atoms with Crippen LogP contribution in [0.4, 0.5) is 0 Å². The summed E-state index contributed by atoms with van der Waals surface area (Å²) in [7, 11) is 0. The van der Waals surface area contributed by atoms with E-state index < -0.39 is 5.97 Å². The number of carboxylic acids is 1. The first-order valence-electron chi connectivity index (χ1n) is 5.63. The highest BCUT2D eigenvalue weighted by molar-refractivity contribution is 5.89. The molecule has 0 aliphatic heterocycles. The lowest BCUT2D eigenvalue weighted by atomic mass is 10.4. The van der Waals surface area contributed by atoms with E-state index in [-0.39, 0.29) is 5.69 Å². The smallest absolute Gasteiger partial charge is 0.358 e. The standard InChI is InChI=1S/C13H10N4O2/c18-13(19)11-12(17-7-3-4-8-17)14-9-10(15-11)16-5-1-2-6-16/h1-9H,(H,18,19).